The first-order valence-electron chi connectivity index (χ1n) is 5.10. The van der Waals surface area contributed by atoms with E-state index in [4.69, 9.17) is 0 Å². The highest BCUT2D eigenvalue weighted by Crippen LogP contribution is 2.32. The topological polar surface area (TPSA) is 43.9 Å². The van der Waals surface area contributed by atoms with Crippen LogP contribution in [0, 0.1) is 0 Å². The van der Waals surface area contributed by atoms with Gasteiger partial charge in [-0.2, -0.15) is 26.3 Å². The zero-order chi connectivity index (χ0) is 16.1. The fraction of sp³-hybridized carbons (Fsp3) is 0.750. The van der Waals surface area contributed by atoms with Crippen LogP contribution >= 0.6 is 0 Å². The van der Waals surface area contributed by atoms with Gasteiger partial charge < -0.3 is 9.80 Å². The molecule has 0 radical (unpaired) electrons. The summed E-state index contributed by atoms with van der Waals surface area (Å²) >= 11 is 0. The molecule has 0 unspecified atom stereocenters. The standard InChI is InChI=1S/C6H12N2.C2HF6NO2S/c1-3-8-5-4-7(2)6-8;3-1(4,5)9(12(10)11)2(6,7)8/h4-5H,3,6H2,1-2H3;12H. The second-order valence-corrected chi connectivity index (χ2v) is 4.46. The van der Waals surface area contributed by atoms with Crippen LogP contribution in [0.2, 0.25) is 0 Å². The molecule has 0 N–H and O–H groups in total. The van der Waals surface area contributed by atoms with Crippen molar-refractivity contribution in [1.82, 2.24) is 14.1 Å². The Morgan fingerprint density at radius 1 is 1.10 bits per heavy atom. The van der Waals surface area contributed by atoms with Crippen molar-refractivity contribution in [2.24, 2.45) is 0 Å². The van der Waals surface area contributed by atoms with Crippen LogP contribution in [-0.2, 0) is 10.9 Å². The van der Waals surface area contributed by atoms with Gasteiger partial charge in [0.15, 0.2) is 0 Å². The predicted molar refractivity (Wildman–Crippen MR) is 58.4 cm³/mol. The summed E-state index contributed by atoms with van der Waals surface area (Å²) in [6.07, 6.45) is -7.73. The van der Waals surface area contributed by atoms with Crippen LogP contribution in [0.5, 0.6) is 0 Å². The van der Waals surface area contributed by atoms with Gasteiger partial charge in [0.05, 0.1) is 6.67 Å². The Labute approximate surface area is 113 Å². The Balaban J connectivity index is 0.000000388. The lowest BCUT2D eigenvalue weighted by atomic mass is 10.6. The minimum atomic E-state index is -5.96. The van der Waals surface area contributed by atoms with Gasteiger partial charge in [-0.1, -0.05) is 0 Å². The molecular formula is C8H13F6N3O2S. The van der Waals surface area contributed by atoms with Crippen LogP contribution in [0.1, 0.15) is 6.92 Å². The first-order valence-corrected chi connectivity index (χ1v) is 6.23. The molecule has 0 aromatic carbocycles. The predicted octanol–water partition coefficient (Wildman–Crippen LogP) is 1.54. The van der Waals surface area contributed by atoms with E-state index in [1.54, 1.807) is 0 Å². The number of halogens is 6. The van der Waals surface area contributed by atoms with Crippen molar-refractivity contribution in [3.05, 3.63) is 12.4 Å². The molecule has 0 aromatic rings. The molecule has 0 atom stereocenters. The van der Waals surface area contributed by atoms with Crippen molar-refractivity contribution < 1.29 is 34.8 Å². The van der Waals surface area contributed by atoms with Crippen molar-refractivity contribution in [3.8, 4) is 0 Å². The monoisotopic (exact) mass is 329 g/mol. The zero-order valence-electron chi connectivity index (χ0n) is 10.4. The first-order chi connectivity index (χ1) is 8.89. The van der Waals surface area contributed by atoms with Gasteiger partial charge >= 0.3 is 12.6 Å². The number of alkyl halides is 6. The molecule has 1 aliphatic heterocycles. The van der Waals surface area contributed by atoms with Gasteiger partial charge in [0.2, 0.25) is 10.9 Å². The van der Waals surface area contributed by atoms with Crippen LogP contribution < -0.4 is 0 Å². The lowest BCUT2D eigenvalue weighted by molar-refractivity contribution is -0.332. The van der Waals surface area contributed by atoms with Crippen LogP contribution in [0.15, 0.2) is 12.4 Å². The maximum atomic E-state index is 11.3. The highest BCUT2D eigenvalue weighted by Gasteiger charge is 2.56. The first kappa shape index (κ1) is 18.8. The van der Waals surface area contributed by atoms with Crippen LogP contribution in [0.3, 0.4) is 0 Å². The third kappa shape index (κ3) is 6.32. The van der Waals surface area contributed by atoms with Gasteiger partial charge in [-0.15, -0.1) is 0 Å². The Kier molecular flexibility index (Phi) is 6.61. The molecule has 0 saturated carbocycles. The molecule has 0 aromatic heterocycles. The minimum absolute atomic E-state index is 1.05. The molecule has 0 aliphatic carbocycles. The Morgan fingerprint density at radius 2 is 1.55 bits per heavy atom. The molecule has 5 nitrogen and oxygen atoms in total. The van der Waals surface area contributed by atoms with Gasteiger partial charge in [-0.25, -0.2) is 8.42 Å². The second-order valence-electron chi connectivity index (χ2n) is 3.59. The fourth-order valence-corrected chi connectivity index (χ4v) is 1.49. The highest BCUT2D eigenvalue weighted by molar-refractivity contribution is 7.69. The Hall–Kier alpha value is -1.17. The van der Waals surface area contributed by atoms with E-state index < -0.39 is 27.8 Å². The van der Waals surface area contributed by atoms with E-state index in [2.05, 4.69) is 36.2 Å². The third-order valence-corrected chi connectivity index (χ3v) is 2.77. The van der Waals surface area contributed by atoms with E-state index in [0.717, 1.165) is 13.2 Å². The summed E-state index contributed by atoms with van der Waals surface area (Å²) in [7, 11) is -2.68. The van der Waals surface area contributed by atoms with E-state index in [9.17, 15) is 34.8 Å². The van der Waals surface area contributed by atoms with Crippen molar-refractivity contribution in [2.45, 2.75) is 19.5 Å². The summed E-state index contributed by atoms with van der Waals surface area (Å²) in [6, 6.07) is 0. The quantitative estimate of drug-likeness (QED) is 0.474. The molecule has 0 amide bonds. The highest BCUT2D eigenvalue weighted by atomic mass is 32.2. The molecule has 1 heterocycles. The number of rotatable bonds is 2. The average Bonchev–Trinajstić information content (AvgIpc) is 2.59. The van der Waals surface area contributed by atoms with E-state index in [1.165, 1.54) is 0 Å². The summed E-state index contributed by atoms with van der Waals surface area (Å²) in [5.74, 6) is 0. The molecule has 0 bridgehead atoms. The molecule has 20 heavy (non-hydrogen) atoms. The zero-order valence-corrected chi connectivity index (χ0v) is 11.3. The maximum Gasteiger partial charge on any atom is 0.480 e. The molecule has 1 rings (SSSR count). The molecule has 1 aliphatic rings. The van der Waals surface area contributed by atoms with Crippen molar-refractivity contribution in [3.63, 3.8) is 0 Å². The molecular weight excluding hydrogens is 316 g/mol. The van der Waals surface area contributed by atoms with Crippen molar-refractivity contribution in [2.75, 3.05) is 20.3 Å². The molecule has 0 spiro atoms. The van der Waals surface area contributed by atoms with Gasteiger partial charge in [-0.05, 0) is 11.2 Å². The number of nitrogens with zero attached hydrogens (tertiary/aromatic N) is 3. The van der Waals surface area contributed by atoms with E-state index in [0.29, 0.717) is 0 Å². The molecule has 0 saturated heterocycles. The van der Waals surface area contributed by atoms with Crippen molar-refractivity contribution >= 4 is 10.9 Å². The minimum Gasteiger partial charge on any atom is -0.362 e. The summed E-state index contributed by atoms with van der Waals surface area (Å²) in [6.45, 7) is 4.32. The van der Waals surface area contributed by atoms with Gasteiger partial charge in [0.1, 0.15) is 0 Å². The fourth-order valence-electron chi connectivity index (χ4n) is 1.12. The summed E-state index contributed by atoms with van der Waals surface area (Å²) in [5.41, 5.74) is 0. The number of hydrogen-bond donors (Lipinski definition) is 1. The van der Waals surface area contributed by atoms with Crippen LogP contribution in [-0.4, -0.2) is 55.4 Å². The summed E-state index contributed by atoms with van der Waals surface area (Å²) in [5, 5.41) is 0. The van der Waals surface area contributed by atoms with E-state index in [-0.39, 0.29) is 0 Å². The summed E-state index contributed by atoms with van der Waals surface area (Å²) < 4.78 is 84.3. The van der Waals surface area contributed by atoms with Crippen LogP contribution in [0.4, 0.5) is 26.3 Å². The smallest absolute Gasteiger partial charge is 0.362 e. The Morgan fingerprint density at radius 3 is 1.65 bits per heavy atom. The summed E-state index contributed by atoms with van der Waals surface area (Å²) in [4.78, 5) is 4.41. The Bertz CT molecular complexity index is 384. The number of thiol groups is 1. The number of hydrogen-bond acceptors (Lipinski definition) is 4. The molecule has 120 valence electrons. The second kappa shape index (κ2) is 7.02. The van der Waals surface area contributed by atoms with E-state index >= 15 is 0 Å². The largest absolute Gasteiger partial charge is 0.480 e. The lowest BCUT2D eigenvalue weighted by Gasteiger charge is -2.19. The van der Waals surface area contributed by atoms with Gasteiger partial charge in [0, 0.05) is 26.0 Å². The average molecular weight is 329 g/mol. The molecule has 0 fully saturated rings. The van der Waals surface area contributed by atoms with Gasteiger partial charge in [-0.3, -0.25) is 0 Å². The van der Waals surface area contributed by atoms with Crippen LogP contribution in [0.25, 0.3) is 0 Å². The van der Waals surface area contributed by atoms with Gasteiger partial charge in [0.25, 0.3) is 0 Å². The third-order valence-electron chi connectivity index (χ3n) is 1.99. The molecule has 12 heteroatoms. The lowest BCUT2D eigenvalue weighted by Crippen LogP contribution is -2.46. The maximum absolute atomic E-state index is 11.3. The van der Waals surface area contributed by atoms with E-state index in [1.807, 2.05) is 0 Å². The SMILES string of the molecule is CCN1C=CN(C)C1.O=[SH](=O)N(C(F)(F)F)C(F)(F)F. The van der Waals surface area contributed by atoms with Crippen molar-refractivity contribution in [1.29, 1.82) is 0 Å². The normalized spacial score (nSPS) is 15.9.